The molecule has 0 unspecified atom stereocenters. The van der Waals surface area contributed by atoms with Gasteiger partial charge in [0.25, 0.3) is 0 Å². The second kappa shape index (κ2) is 11.4. The van der Waals surface area contributed by atoms with Crippen LogP contribution in [0.2, 0.25) is 0 Å². The van der Waals surface area contributed by atoms with Crippen LogP contribution in [-0.4, -0.2) is 32.0 Å². The number of primary amides is 1. The molecule has 0 aromatic rings. The fraction of sp³-hybridized carbons (Fsp3) is 0.333. The highest BCUT2D eigenvalue weighted by atomic mass is 16.1. The lowest BCUT2D eigenvalue weighted by Crippen LogP contribution is -2.28. The molecule has 80 valence electrons. The number of nitrogens with one attached hydrogen (secondary N) is 2. The monoisotopic (exact) mass is 199 g/mol. The summed E-state index contributed by atoms with van der Waals surface area (Å²) in [7, 11) is 1.83. The van der Waals surface area contributed by atoms with E-state index >= 15 is 0 Å². The average Bonchev–Trinajstić information content (AvgIpc) is 2.19. The Labute approximate surface area is 84.0 Å². The molecular weight excluding hydrogens is 182 g/mol. The van der Waals surface area contributed by atoms with Gasteiger partial charge in [0.1, 0.15) is 0 Å². The standard InChI is InChI=1S/C6H12N2O.C3H5NO/c1-3-6(9)8-5-4-7-2;1-2-3(4)5/h3,7H,1,4-5H2,2H3,(H,8,9);2H,1H2,(H2,4,5). The van der Waals surface area contributed by atoms with E-state index in [9.17, 15) is 9.59 Å². The Morgan fingerprint density at radius 1 is 1.29 bits per heavy atom. The van der Waals surface area contributed by atoms with Crippen LogP contribution in [0.1, 0.15) is 0 Å². The maximum Gasteiger partial charge on any atom is 0.243 e. The molecule has 0 atom stereocenters. The molecule has 0 bridgehead atoms. The highest BCUT2D eigenvalue weighted by molar-refractivity contribution is 5.86. The van der Waals surface area contributed by atoms with Crippen molar-refractivity contribution in [1.29, 1.82) is 0 Å². The Bertz CT molecular complexity index is 202. The van der Waals surface area contributed by atoms with Crippen molar-refractivity contribution >= 4 is 11.8 Å². The second-order valence-electron chi connectivity index (χ2n) is 2.21. The van der Waals surface area contributed by atoms with Gasteiger partial charge in [0.2, 0.25) is 11.8 Å². The van der Waals surface area contributed by atoms with E-state index in [1.165, 1.54) is 6.08 Å². The number of amides is 2. The van der Waals surface area contributed by atoms with E-state index < -0.39 is 5.91 Å². The van der Waals surface area contributed by atoms with Gasteiger partial charge in [-0.15, -0.1) is 0 Å². The van der Waals surface area contributed by atoms with Crippen LogP contribution in [0.5, 0.6) is 0 Å². The molecule has 0 aromatic carbocycles. The number of likely N-dealkylation sites (N-methyl/N-ethyl adjacent to an activating group) is 1. The van der Waals surface area contributed by atoms with E-state index in [0.29, 0.717) is 6.54 Å². The molecule has 2 amide bonds. The maximum atomic E-state index is 10.4. The first-order valence-corrected chi connectivity index (χ1v) is 4.05. The molecule has 0 aromatic heterocycles. The molecule has 0 fully saturated rings. The van der Waals surface area contributed by atoms with Gasteiger partial charge >= 0.3 is 0 Å². The van der Waals surface area contributed by atoms with Crippen LogP contribution in [-0.2, 0) is 9.59 Å². The molecule has 5 nitrogen and oxygen atoms in total. The molecular formula is C9H17N3O2. The number of hydrogen-bond donors (Lipinski definition) is 3. The fourth-order valence-corrected chi connectivity index (χ4v) is 0.383. The first-order chi connectivity index (χ1) is 6.58. The van der Waals surface area contributed by atoms with E-state index in [2.05, 4.69) is 29.5 Å². The summed E-state index contributed by atoms with van der Waals surface area (Å²) >= 11 is 0. The minimum Gasteiger partial charge on any atom is -0.366 e. The summed E-state index contributed by atoms with van der Waals surface area (Å²) in [6, 6.07) is 0. The van der Waals surface area contributed by atoms with E-state index in [1.54, 1.807) is 0 Å². The Morgan fingerprint density at radius 2 is 1.79 bits per heavy atom. The van der Waals surface area contributed by atoms with Gasteiger partial charge in [0, 0.05) is 13.1 Å². The minimum absolute atomic E-state index is 0.120. The summed E-state index contributed by atoms with van der Waals surface area (Å²) < 4.78 is 0. The van der Waals surface area contributed by atoms with E-state index in [1.807, 2.05) is 7.05 Å². The number of nitrogens with two attached hydrogens (primary N) is 1. The highest BCUT2D eigenvalue weighted by Crippen LogP contribution is 1.63. The summed E-state index contributed by atoms with van der Waals surface area (Å²) in [5.74, 6) is -0.602. The topological polar surface area (TPSA) is 84.2 Å². The molecule has 0 saturated heterocycles. The fourth-order valence-electron chi connectivity index (χ4n) is 0.383. The molecule has 0 aliphatic rings. The SMILES string of the molecule is C=CC(=O)NCCNC.C=CC(N)=O. The van der Waals surface area contributed by atoms with Gasteiger partial charge in [-0.1, -0.05) is 13.2 Å². The lowest BCUT2D eigenvalue weighted by molar-refractivity contribution is -0.116. The molecule has 5 heteroatoms. The van der Waals surface area contributed by atoms with Crippen LogP contribution in [0.25, 0.3) is 0 Å². The summed E-state index contributed by atoms with van der Waals surface area (Å²) in [4.78, 5) is 19.9. The number of carbonyl (C=O) groups is 2. The molecule has 0 heterocycles. The van der Waals surface area contributed by atoms with E-state index in [4.69, 9.17) is 0 Å². The molecule has 0 aliphatic carbocycles. The summed E-state index contributed by atoms with van der Waals surface area (Å²) in [5.41, 5.74) is 4.53. The largest absolute Gasteiger partial charge is 0.366 e. The van der Waals surface area contributed by atoms with Crippen LogP contribution in [0.4, 0.5) is 0 Å². The third-order valence-corrected chi connectivity index (χ3v) is 1.06. The van der Waals surface area contributed by atoms with Crippen LogP contribution < -0.4 is 16.4 Å². The summed E-state index contributed by atoms with van der Waals surface area (Å²) in [6.45, 7) is 7.84. The molecule has 0 rings (SSSR count). The van der Waals surface area contributed by atoms with Crippen molar-refractivity contribution in [2.24, 2.45) is 5.73 Å². The summed E-state index contributed by atoms with van der Waals surface area (Å²) in [6.07, 6.45) is 2.32. The van der Waals surface area contributed by atoms with Crippen LogP contribution in [0.15, 0.2) is 25.3 Å². The van der Waals surface area contributed by atoms with Crippen LogP contribution in [0, 0.1) is 0 Å². The Kier molecular flexibility index (Phi) is 12.1. The van der Waals surface area contributed by atoms with Gasteiger partial charge in [-0.25, -0.2) is 0 Å². The predicted octanol–water partition coefficient (Wildman–Crippen LogP) is -0.834. The van der Waals surface area contributed by atoms with Gasteiger partial charge < -0.3 is 16.4 Å². The maximum absolute atomic E-state index is 10.4. The van der Waals surface area contributed by atoms with Gasteiger partial charge in [-0.05, 0) is 19.2 Å². The zero-order chi connectivity index (χ0) is 11.4. The summed E-state index contributed by atoms with van der Waals surface area (Å²) in [5, 5.41) is 5.51. The molecule has 4 N–H and O–H groups in total. The Balaban J connectivity index is 0. The van der Waals surface area contributed by atoms with Crippen molar-refractivity contribution in [3.8, 4) is 0 Å². The van der Waals surface area contributed by atoms with Gasteiger partial charge in [0.05, 0.1) is 0 Å². The highest BCUT2D eigenvalue weighted by Gasteiger charge is 1.88. The number of hydrogen-bond acceptors (Lipinski definition) is 3. The number of carbonyl (C=O) groups excluding carboxylic acids is 2. The molecule has 0 radical (unpaired) electrons. The zero-order valence-corrected chi connectivity index (χ0v) is 8.38. The lowest BCUT2D eigenvalue weighted by Gasteiger charge is -1.98. The lowest BCUT2D eigenvalue weighted by atomic mass is 10.5. The van der Waals surface area contributed by atoms with Gasteiger partial charge in [-0.2, -0.15) is 0 Å². The normalized spacial score (nSPS) is 7.79. The third-order valence-electron chi connectivity index (χ3n) is 1.06. The number of rotatable bonds is 5. The Hall–Kier alpha value is -1.62. The van der Waals surface area contributed by atoms with Crippen LogP contribution in [0.3, 0.4) is 0 Å². The van der Waals surface area contributed by atoms with Gasteiger partial charge in [-0.3, -0.25) is 9.59 Å². The molecule has 14 heavy (non-hydrogen) atoms. The molecule has 0 saturated carbocycles. The molecule has 0 spiro atoms. The predicted molar refractivity (Wildman–Crippen MR) is 56.5 cm³/mol. The first-order valence-electron chi connectivity index (χ1n) is 4.05. The first kappa shape index (κ1) is 14.9. The zero-order valence-electron chi connectivity index (χ0n) is 8.38. The van der Waals surface area contributed by atoms with Crippen molar-refractivity contribution in [2.75, 3.05) is 20.1 Å². The third kappa shape index (κ3) is 16.8. The van der Waals surface area contributed by atoms with E-state index in [-0.39, 0.29) is 5.91 Å². The minimum atomic E-state index is -0.481. The van der Waals surface area contributed by atoms with Crippen molar-refractivity contribution in [3.05, 3.63) is 25.3 Å². The van der Waals surface area contributed by atoms with Crippen molar-refractivity contribution in [1.82, 2.24) is 10.6 Å². The van der Waals surface area contributed by atoms with Crippen molar-refractivity contribution in [3.63, 3.8) is 0 Å². The second-order valence-corrected chi connectivity index (χ2v) is 2.21. The Morgan fingerprint density at radius 3 is 2.07 bits per heavy atom. The smallest absolute Gasteiger partial charge is 0.243 e. The van der Waals surface area contributed by atoms with Crippen LogP contribution >= 0.6 is 0 Å². The average molecular weight is 199 g/mol. The quantitative estimate of drug-likeness (QED) is 0.399. The van der Waals surface area contributed by atoms with E-state index in [0.717, 1.165) is 12.6 Å². The van der Waals surface area contributed by atoms with Gasteiger partial charge in [0.15, 0.2) is 0 Å². The molecule has 0 aliphatic heterocycles. The van der Waals surface area contributed by atoms with Crippen molar-refractivity contribution < 1.29 is 9.59 Å². The van der Waals surface area contributed by atoms with Crippen molar-refractivity contribution in [2.45, 2.75) is 0 Å².